The number of aryl methyl sites for hydroxylation is 1. The van der Waals surface area contributed by atoms with Gasteiger partial charge in [0.2, 0.25) is 0 Å². The minimum Gasteiger partial charge on any atom is -0.340 e. The third kappa shape index (κ3) is 3.00. The van der Waals surface area contributed by atoms with Crippen LogP contribution in [0, 0.1) is 6.92 Å². The van der Waals surface area contributed by atoms with Crippen molar-refractivity contribution in [2.24, 2.45) is 0 Å². The summed E-state index contributed by atoms with van der Waals surface area (Å²) in [4.78, 5) is 0. The zero-order chi connectivity index (χ0) is 15.4. The Hall–Kier alpha value is -1.85. The zero-order valence-corrected chi connectivity index (χ0v) is 14.2. The van der Waals surface area contributed by atoms with Gasteiger partial charge in [0.05, 0.1) is 5.69 Å². The van der Waals surface area contributed by atoms with Crippen LogP contribution in [0.5, 0.6) is 0 Å². The second-order valence-electron chi connectivity index (χ2n) is 5.59. The van der Waals surface area contributed by atoms with Gasteiger partial charge in [0.25, 0.3) is 0 Å². The lowest BCUT2D eigenvalue weighted by Gasteiger charge is -2.13. The molecule has 0 amide bonds. The van der Waals surface area contributed by atoms with E-state index in [-0.39, 0.29) is 0 Å². The van der Waals surface area contributed by atoms with Crippen molar-refractivity contribution in [1.82, 2.24) is 4.57 Å². The molecule has 0 saturated heterocycles. The van der Waals surface area contributed by atoms with Crippen LogP contribution in [0.2, 0.25) is 0 Å². The van der Waals surface area contributed by atoms with E-state index in [1.807, 2.05) is 0 Å². The quantitative estimate of drug-likeness (QED) is 0.506. The van der Waals surface area contributed by atoms with Crippen molar-refractivity contribution in [1.29, 1.82) is 0 Å². The highest BCUT2D eigenvalue weighted by atomic mass is 31.0. The Morgan fingerprint density at radius 3 is 2.05 bits per heavy atom. The number of nitrogens with zero attached hydrogens (tertiary/aromatic N) is 1. The van der Waals surface area contributed by atoms with E-state index in [0.29, 0.717) is 0 Å². The van der Waals surface area contributed by atoms with Gasteiger partial charge in [-0.1, -0.05) is 74.0 Å². The first kappa shape index (κ1) is 15.1. The second kappa shape index (κ2) is 6.94. The van der Waals surface area contributed by atoms with Crippen molar-refractivity contribution in [3.05, 3.63) is 66.1 Å². The molecular formula is C20H22NP. The van der Waals surface area contributed by atoms with Gasteiger partial charge in [-0.15, -0.1) is 0 Å². The lowest BCUT2D eigenvalue weighted by Crippen LogP contribution is -2.02. The molecule has 0 spiro atoms. The monoisotopic (exact) mass is 307 g/mol. The van der Waals surface area contributed by atoms with Crippen molar-refractivity contribution in [3.8, 4) is 22.1 Å². The molecule has 1 heterocycles. The van der Waals surface area contributed by atoms with Gasteiger partial charge in [0.15, 0.2) is 0 Å². The molecule has 22 heavy (non-hydrogen) atoms. The SMILES string of the molecule is CCCCn1c(C)pc(-c2ccccc2)c1-c1ccccc1. The molecule has 0 fully saturated rings. The zero-order valence-electron chi connectivity index (χ0n) is 13.3. The predicted octanol–water partition coefficient (Wildman–Crippen LogP) is 6.51. The van der Waals surface area contributed by atoms with Crippen LogP contribution < -0.4 is 0 Å². The van der Waals surface area contributed by atoms with Crippen molar-refractivity contribution >= 4 is 8.19 Å². The smallest absolute Gasteiger partial charge is 0.0611 e. The fourth-order valence-electron chi connectivity index (χ4n) is 2.84. The average molecular weight is 307 g/mol. The highest BCUT2D eigenvalue weighted by molar-refractivity contribution is 7.35. The molecule has 2 aromatic carbocycles. The molecule has 2 heteroatoms. The Balaban J connectivity index is 2.18. The first-order valence-corrected chi connectivity index (χ1v) is 8.88. The lowest BCUT2D eigenvalue weighted by molar-refractivity contribution is 0.631. The Bertz CT molecular complexity index is 729. The minimum absolute atomic E-state index is 1.11. The number of benzene rings is 2. The third-order valence-corrected chi connectivity index (χ3v) is 5.25. The van der Waals surface area contributed by atoms with Crippen molar-refractivity contribution in [2.75, 3.05) is 0 Å². The number of aromatic nitrogens is 1. The van der Waals surface area contributed by atoms with E-state index < -0.39 is 0 Å². The summed E-state index contributed by atoms with van der Waals surface area (Å²) < 4.78 is 2.52. The maximum Gasteiger partial charge on any atom is 0.0611 e. The summed E-state index contributed by atoms with van der Waals surface area (Å²) in [5.74, 6) is 0. The molecule has 0 aliphatic carbocycles. The minimum atomic E-state index is 1.11. The van der Waals surface area contributed by atoms with E-state index in [4.69, 9.17) is 0 Å². The molecule has 0 radical (unpaired) electrons. The first-order chi connectivity index (χ1) is 10.8. The Labute approximate surface area is 134 Å². The molecule has 0 bridgehead atoms. The largest absolute Gasteiger partial charge is 0.340 e. The highest BCUT2D eigenvalue weighted by Gasteiger charge is 2.16. The van der Waals surface area contributed by atoms with E-state index in [1.165, 1.54) is 48.6 Å². The van der Waals surface area contributed by atoms with E-state index in [1.54, 1.807) is 0 Å². The molecular weight excluding hydrogens is 285 g/mol. The number of hydrogen-bond donors (Lipinski definition) is 0. The van der Waals surface area contributed by atoms with Gasteiger partial charge in [-0.3, -0.25) is 0 Å². The Morgan fingerprint density at radius 2 is 1.45 bits per heavy atom. The van der Waals surface area contributed by atoms with Gasteiger partial charge in [0, 0.05) is 17.3 Å². The first-order valence-electron chi connectivity index (χ1n) is 7.99. The van der Waals surface area contributed by atoms with Gasteiger partial charge >= 0.3 is 0 Å². The summed E-state index contributed by atoms with van der Waals surface area (Å²) >= 11 is 0. The summed E-state index contributed by atoms with van der Waals surface area (Å²) in [6.45, 7) is 5.62. The standard InChI is InChI=1S/C20H22NP/c1-3-4-15-21-16(2)22-20(18-13-9-6-10-14-18)19(21)17-11-7-5-8-12-17/h5-14H,3-4,15H2,1-2H3. The Morgan fingerprint density at radius 1 is 0.864 bits per heavy atom. The van der Waals surface area contributed by atoms with Crippen LogP contribution in [-0.2, 0) is 6.54 Å². The summed E-state index contributed by atoms with van der Waals surface area (Å²) in [7, 11) is 1.34. The van der Waals surface area contributed by atoms with Crippen LogP contribution in [0.15, 0.2) is 60.7 Å². The molecule has 0 aliphatic heterocycles. The molecule has 0 aliphatic rings. The van der Waals surface area contributed by atoms with E-state index in [9.17, 15) is 0 Å². The number of unbranched alkanes of at least 4 members (excludes halogenated alkanes) is 1. The van der Waals surface area contributed by atoms with E-state index in [2.05, 4.69) is 79.1 Å². The molecule has 3 aromatic rings. The van der Waals surface area contributed by atoms with Crippen LogP contribution in [0.3, 0.4) is 0 Å². The van der Waals surface area contributed by atoms with Crippen LogP contribution >= 0.6 is 8.19 Å². The maximum absolute atomic E-state index is 2.52. The second-order valence-corrected chi connectivity index (χ2v) is 6.91. The molecule has 0 unspecified atom stereocenters. The van der Waals surface area contributed by atoms with Crippen molar-refractivity contribution in [3.63, 3.8) is 0 Å². The van der Waals surface area contributed by atoms with Crippen LogP contribution in [0.4, 0.5) is 0 Å². The molecule has 0 atom stereocenters. The topological polar surface area (TPSA) is 4.93 Å². The predicted molar refractivity (Wildman–Crippen MR) is 97.5 cm³/mol. The third-order valence-electron chi connectivity index (χ3n) is 3.99. The molecule has 1 nitrogen and oxygen atoms in total. The molecule has 0 N–H and O–H groups in total. The summed E-state index contributed by atoms with van der Waals surface area (Å²) in [6.07, 6.45) is 2.45. The fraction of sp³-hybridized carbons (Fsp3) is 0.250. The molecule has 112 valence electrons. The van der Waals surface area contributed by atoms with Gasteiger partial charge in [-0.25, -0.2) is 0 Å². The van der Waals surface area contributed by atoms with Gasteiger partial charge in [-0.2, -0.15) is 0 Å². The lowest BCUT2D eigenvalue weighted by atomic mass is 10.1. The van der Waals surface area contributed by atoms with E-state index in [0.717, 1.165) is 6.54 Å². The normalized spacial score (nSPS) is 11.2. The van der Waals surface area contributed by atoms with Gasteiger partial charge < -0.3 is 4.57 Å². The van der Waals surface area contributed by atoms with Crippen LogP contribution in [0.1, 0.15) is 25.2 Å². The van der Waals surface area contributed by atoms with Gasteiger partial charge in [-0.05, 0) is 32.7 Å². The fourth-order valence-corrected chi connectivity index (χ4v) is 4.12. The summed E-state index contributed by atoms with van der Waals surface area (Å²) in [6, 6.07) is 21.6. The molecule has 3 rings (SSSR count). The maximum atomic E-state index is 2.52. The number of hydrogen-bond acceptors (Lipinski definition) is 0. The summed E-state index contributed by atoms with van der Waals surface area (Å²) in [5.41, 5.74) is 5.48. The molecule has 0 saturated carbocycles. The van der Waals surface area contributed by atoms with Crippen LogP contribution in [-0.4, -0.2) is 4.57 Å². The van der Waals surface area contributed by atoms with Gasteiger partial charge in [0.1, 0.15) is 0 Å². The summed E-state index contributed by atoms with van der Waals surface area (Å²) in [5, 5.41) is 1.43. The highest BCUT2D eigenvalue weighted by Crippen LogP contribution is 2.42. The molecule has 1 aromatic heterocycles. The Kier molecular flexibility index (Phi) is 4.75. The van der Waals surface area contributed by atoms with Crippen molar-refractivity contribution < 1.29 is 0 Å². The number of rotatable bonds is 5. The van der Waals surface area contributed by atoms with Crippen molar-refractivity contribution in [2.45, 2.75) is 33.2 Å². The average Bonchev–Trinajstić information content (AvgIpc) is 2.91. The van der Waals surface area contributed by atoms with E-state index >= 15 is 0 Å². The van der Waals surface area contributed by atoms with Crippen LogP contribution in [0.25, 0.3) is 22.1 Å².